The number of nitrogens with zero attached hydrogens (tertiary/aromatic N) is 2. The predicted octanol–water partition coefficient (Wildman–Crippen LogP) is 2.90. The van der Waals surface area contributed by atoms with Gasteiger partial charge in [0.2, 0.25) is 0 Å². The molecule has 0 radical (unpaired) electrons. The molecule has 144 valence electrons. The Hall–Kier alpha value is -2.86. The van der Waals surface area contributed by atoms with E-state index < -0.39 is 5.66 Å². The molecule has 7 heteroatoms. The molecule has 2 heterocycles. The van der Waals surface area contributed by atoms with Crippen LogP contribution in [0.15, 0.2) is 53.5 Å². The maximum Gasteiger partial charge on any atom is 0.272 e. The van der Waals surface area contributed by atoms with Gasteiger partial charge in [-0.3, -0.25) is 14.6 Å². The highest BCUT2D eigenvalue weighted by molar-refractivity contribution is 6.47. The van der Waals surface area contributed by atoms with Gasteiger partial charge < -0.3 is 15.0 Å². The fourth-order valence-electron chi connectivity index (χ4n) is 3.63. The Labute approximate surface area is 168 Å². The van der Waals surface area contributed by atoms with Crippen molar-refractivity contribution in [2.45, 2.75) is 18.5 Å². The molecule has 0 bridgehead atoms. The number of benzene rings is 2. The van der Waals surface area contributed by atoms with Crippen molar-refractivity contribution in [3.05, 3.63) is 64.7 Å². The van der Waals surface area contributed by atoms with Crippen LogP contribution in [-0.2, 0) is 4.79 Å². The van der Waals surface area contributed by atoms with Crippen LogP contribution < -0.4 is 10.1 Å². The summed E-state index contributed by atoms with van der Waals surface area (Å²) < 4.78 is 5.13. The Morgan fingerprint density at radius 2 is 1.89 bits per heavy atom. The zero-order chi connectivity index (χ0) is 19.7. The molecule has 1 N–H and O–H groups in total. The number of piperidine rings is 1. The van der Waals surface area contributed by atoms with Gasteiger partial charge in [0.1, 0.15) is 17.1 Å². The minimum Gasteiger partial charge on any atom is -0.497 e. The lowest BCUT2D eigenvalue weighted by molar-refractivity contribution is -0.115. The summed E-state index contributed by atoms with van der Waals surface area (Å²) in [5.74, 6) is 0.490. The molecule has 2 aromatic rings. The van der Waals surface area contributed by atoms with E-state index in [4.69, 9.17) is 21.3 Å². The van der Waals surface area contributed by atoms with E-state index in [0.717, 1.165) is 0 Å². The molecular weight excluding hydrogens is 378 g/mol. The third-order valence-electron chi connectivity index (χ3n) is 5.20. The maximum atomic E-state index is 12.7. The van der Waals surface area contributed by atoms with Crippen LogP contribution in [-0.4, -0.2) is 48.3 Å². The lowest BCUT2D eigenvalue weighted by Gasteiger charge is -2.37. The van der Waals surface area contributed by atoms with Crippen molar-refractivity contribution in [2.24, 2.45) is 4.99 Å². The fraction of sp³-hybridized carbons (Fsp3) is 0.286. The average Bonchev–Trinajstić information content (AvgIpc) is 3.04. The van der Waals surface area contributed by atoms with Crippen molar-refractivity contribution in [1.29, 1.82) is 0 Å². The van der Waals surface area contributed by atoms with Gasteiger partial charge in [0.05, 0.1) is 7.11 Å². The number of carbonyl (C=O) groups is 2. The van der Waals surface area contributed by atoms with Gasteiger partial charge in [-0.2, -0.15) is 0 Å². The smallest absolute Gasteiger partial charge is 0.272 e. The predicted molar refractivity (Wildman–Crippen MR) is 107 cm³/mol. The van der Waals surface area contributed by atoms with E-state index in [2.05, 4.69) is 5.32 Å². The number of carbonyl (C=O) groups excluding carboxylic acids is 2. The van der Waals surface area contributed by atoms with Crippen LogP contribution in [0.5, 0.6) is 5.75 Å². The Bertz CT molecular complexity index is 948. The summed E-state index contributed by atoms with van der Waals surface area (Å²) in [4.78, 5) is 31.7. The quantitative estimate of drug-likeness (QED) is 0.865. The van der Waals surface area contributed by atoms with E-state index in [1.807, 2.05) is 6.07 Å². The average molecular weight is 398 g/mol. The molecule has 2 aromatic carbocycles. The van der Waals surface area contributed by atoms with Gasteiger partial charge in [-0.1, -0.05) is 23.7 Å². The first-order valence-electron chi connectivity index (χ1n) is 9.11. The summed E-state index contributed by atoms with van der Waals surface area (Å²) in [6.07, 6.45) is 1.15. The summed E-state index contributed by atoms with van der Waals surface area (Å²) >= 11 is 6.04. The van der Waals surface area contributed by atoms with Gasteiger partial charge in [0.25, 0.3) is 11.8 Å². The second-order valence-electron chi connectivity index (χ2n) is 6.98. The Kier molecular flexibility index (Phi) is 4.81. The molecule has 0 aliphatic carbocycles. The minimum atomic E-state index is -0.647. The number of halogens is 1. The zero-order valence-electron chi connectivity index (χ0n) is 15.4. The Morgan fingerprint density at radius 1 is 1.18 bits per heavy atom. The van der Waals surface area contributed by atoms with Crippen LogP contribution in [0.25, 0.3) is 0 Å². The van der Waals surface area contributed by atoms with Crippen molar-refractivity contribution in [3.8, 4) is 5.75 Å². The van der Waals surface area contributed by atoms with Gasteiger partial charge in [0, 0.05) is 42.1 Å². The van der Waals surface area contributed by atoms with Gasteiger partial charge >= 0.3 is 0 Å². The van der Waals surface area contributed by atoms with Crippen molar-refractivity contribution in [1.82, 2.24) is 10.2 Å². The van der Waals surface area contributed by atoms with Crippen LogP contribution in [0.3, 0.4) is 0 Å². The normalized spacial score (nSPS) is 18.0. The molecule has 2 aliphatic heterocycles. The van der Waals surface area contributed by atoms with E-state index in [0.29, 0.717) is 53.5 Å². The van der Waals surface area contributed by atoms with E-state index >= 15 is 0 Å². The standard InChI is InChI=1S/C21H20ClN3O3/c1-28-17-7-5-14(6-8-17)20(27)25-11-9-21(10-12-25)23-18(19(26)24-21)15-3-2-4-16(22)13-15/h2-8,13H,9-12H2,1H3,(H,24,26). The second-order valence-corrected chi connectivity index (χ2v) is 7.41. The number of hydrogen-bond donors (Lipinski definition) is 1. The highest BCUT2D eigenvalue weighted by Gasteiger charge is 2.42. The number of aliphatic imine (C=N–C) groups is 1. The van der Waals surface area contributed by atoms with Crippen LogP contribution >= 0.6 is 11.6 Å². The number of ether oxygens (including phenoxy) is 1. The summed E-state index contributed by atoms with van der Waals surface area (Å²) in [6.45, 7) is 1.05. The third kappa shape index (κ3) is 3.47. The first kappa shape index (κ1) is 18.5. The lowest BCUT2D eigenvalue weighted by atomic mass is 9.97. The molecule has 0 atom stereocenters. The van der Waals surface area contributed by atoms with E-state index in [1.165, 1.54) is 0 Å². The molecule has 2 aliphatic rings. The molecular formula is C21H20ClN3O3. The topological polar surface area (TPSA) is 71.0 Å². The number of amides is 2. The van der Waals surface area contributed by atoms with Crippen LogP contribution in [0.1, 0.15) is 28.8 Å². The van der Waals surface area contributed by atoms with Crippen molar-refractivity contribution in [3.63, 3.8) is 0 Å². The summed E-state index contributed by atoms with van der Waals surface area (Å²) in [5, 5.41) is 3.58. The summed E-state index contributed by atoms with van der Waals surface area (Å²) in [5.41, 5.74) is 1.08. The SMILES string of the molecule is COc1ccc(C(=O)N2CCC3(CC2)N=C(c2cccc(Cl)c2)C(=O)N3)cc1. The van der Waals surface area contributed by atoms with E-state index in [-0.39, 0.29) is 11.8 Å². The molecule has 0 aromatic heterocycles. The van der Waals surface area contributed by atoms with Gasteiger partial charge in [0.15, 0.2) is 0 Å². The van der Waals surface area contributed by atoms with Gasteiger partial charge in [-0.25, -0.2) is 0 Å². The lowest BCUT2D eigenvalue weighted by Crippen LogP contribution is -2.52. The van der Waals surface area contributed by atoms with Crippen LogP contribution in [0, 0.1) is 0 Å². The number of methoxy groups -OCH3 is 1. The largest absolute Gasteiger partial charge is 0.497 e. The molecule has 0 unspecified atom stereocenters. The molecule has 0 saturated carbocycles. The van der Waals surface area contributed by atoms with E-state index in [9.17, 15) is 9.59 Å². The third-order valence-corrected chi connectivity index (χ3v) is 5.44. The highest BCUT2D eigenvalue weighted by atomic mass is 35.5. The van der Waals surface area contributed by atoms with Crippen molar-refractivity contribution >= 4 is 29.1 Å². The highest BCUT2D eigenvalue weighted by Crippen LogP contribution is 2.30. The number of nitrogens with one attached hydrogen (secondary N) is 1. The minimum absolute atomic E-state index is 0.0270. The Balaban J connectivity index is 1.47. The number of hydrogen-bond acceptors (Lipinski definition) is 4. The monoisotopic (exact) mass is 397 g/mol. The second kappa shape index (κ2) is 7.28. The molecule has 6 nitrogen and oxygen atoms in total. The molecule has 1 spiro atoms. The summed E-state index contributed by atoms with van der Waals surface area (Å²) in [7, 11) is 1.59. The van der Waals surface area contributed by atoms with Crippen molar-refractivity contribution < 1.29 is 14.3 Å². The molecule has 1 fully saturated rings. The summed E-state index contributed by atoms with van der Waals surface area (Å²) in [6, 6.07) is 14.2. The molecule has 1 saturated heterocycles. The number of likely N-dealkylation sites (tertiary alicyclic amines) is 1. The van der Waals surface area contributed by atoms with Crippen molar-refractivity contribution in [2.75, 3.05) is 20.2 Å². The van der Waals surface area contributed by atoms with Gasteiger partial charge in [-0.05, 0) is 36.4 Å². The van der Waals surface area contributed by atoms with Crippen LogP contribution in [0.2, 0.25) is 5.02 Å². The zero-order valence-corrected chi connectivity index (χ0v) is 16.2. The first-order valence-corrected chi connectivity index (χ1v) is 9.49. The van der Waals surface area contributed by atoms with Crippen LogP contribution in [0.4, 0.5) is 0 Å². The molecule has 2 amide bonds. The Morgan fingerprint density at radius 3 is 2.54 bits per heavy atom. The fourth-order valence-corrected chi connectivity index (χ4v) is 3.82. The van der Waals surface area contributed by atoms with E-state index in [1.54, 1.807) is 54.5 Å². The molecule has 4 rings (SSSR count). The van der Waals surface area contributed by atoms with Gasteiger partial charge in [-0.15, -0.1) is 0 Å². The number of rotatable bonds is 3. The maximum absolute atomic E-state index is 12.7. The molecule has 28 heavy (non-hydrogen) atoms. The first-order chi connectivity index (χ1) is 13.5.